The molecule has 0 saturated carbocycles. The largest absolute Gasteiger partial charge is 0.368 e. The minimum atomic E-state index is -0.181. The average molecular weight is 288 g/mol. The van der Waals surface area contributed by atoms with E-state index in [-0.39, 0.29) is 12.0 Å². The number of piperazine rings is 1. The number of hydrogen-bond donors (Lipinski definition) is 0. The SMILES string of the molecule is O=C(C1CCCCO1)N1CCN(Cc2ccccc2)CC1. The zero-order chi connectivity index (χ0) is 14.5. The van der Waals surface area contributed by atoms with Gasteiger partial charge in [-0.15, -0.1) is 0 Å². The number of nitrogens with zero attached hydrogens (tertiary/aromatic N) is 2. The van der Waals surface area contributed by atoms with Crippen LogP contribution in [0.4, 0.5) is 0 Å². The van der Waals surface area contributed by atoms with E-state index in [1.165, 1.54) is 5.56 Å². The van der Waals surface area contributed by atoms with Crippen molar-refractivity contribution < 1.29 is 9.53 Å². The molecule has 2 heterocycles. The van der Waals surface area contributed by atoms with Crippen LogP contribution in [0.25, 0.3) is 0 Å². The first-order valence-electron chi connectivity index (χ1n) is 7.99. The predicted octanol–water partition coefficient (Wildman–Crippen LogP) is 1.90. The van der Waals surface area contributed by atoms with Crippen molar-refractivity contribution in [3.63, 3.8) is 0 Å². The minimum Gasteiger partial charge on any atom is -0.368 e. The van der Waals surface area contributed by atoms with Crippen LogP contribution in [-0.2, 0) is 16.1 Å². The molecule has 4 heteroatoms. The fourth-order valence-corrected chi connectivity index (χ4v) is 3.11. The highest BCUT2D eigenvalue weighted by atomic mass is 16.5. The first-order valence-corrected chi connectivity index (χ1v) is 7.99. The lowest BCUT2D eigenvalue weighted by Gasteiger charge is -2.37. The van der Waals surface area contributed by atoms with Crippen molar-refractivity contribution >= 4 is 5.91 Å². The van der Waals surface area contributed by atoms with Crippen molar-refractivity contribution in [3.8, 4) is 0 Å². The van der Waals surface area contributed by atoms with Crippen molar-refractivity contribution in [1.29, 1.82) is 0 Å². The van der Waals surface area contributed by atoms with Gasteiger partial charge in [0.2, 0.25) is 0 Å². The van der Waals surface area contributed by atoms with Gasteiger partial charge in [-0.25, -0.2) is 0 Å². The highest BCUT2D eigenvalue weighted by molar-refractivity contribution is 5.81. The molecule has 1 aromatic rings. The third kappa shape index (κ3) is 3.83. The quantitative estimate of drug-likeness (QED) is 0.851. The van der Waals surface area contributed by atoms with Gasteiger partial charge < -0.3 is 9.64 Å². The molecule has 1 atom stereocenters. The van der Waals surface area contributed by atoms with Crippen LogP contribution in [0, 0.1) is 0 Å². The summed E-state index contributed by atoms with van der Waals surface area (Å²) in [5.74, 6) is 0.203. The zero-order valence-electron chi connectivity index (χ0n) is 12.5. The topological polar surface area (TPSA) is 32.8 Å². The molecule has 0 radical (unpaired) electrons. The third-order valence-corrected chi connectivity index (χ3v) is 4.39. The highest BCUT2D eigenvalue weighted by Crippen LogP contribution is 2.16. The number of amides is 1. The Morgan fingerprint density at radius 1 is 1.10 bits per heavy atom. The Bertz CT molecular complexity index is 449. The number of benzene rings is 1. The molecule has 0 N–H and O–H groups in total. The van der Waals surface area contributed by atoms with Crippen LogP contribution in [0.2, 0.25) is 0 Å². The molecule has 1 amide bonds. The molecule has 2 aliphatic heterocycles. The van der Waals surface area contributed by atoms with E-state index in [2.05, 4.69) is 29.2 Å². The summed E-state index contributed by atoms with van der Waals surface area (Å²) < 4.78 is 5.61. The molecule has 1 unspecified atom stereocenters. The second kappa shape index (κ2) is 7.05. The van der Waals surface area contributed by atoms with Crippen molar-refractivity contribution in [3.05, 3.63) is 35.9 Å². The van der Waals surface area contributed by atoms with Gasteiger partial charge in [0.1, 0.15) is 6.10 Å². The molecule has 4 nitrogen and oxygen atoms in total. The zero-order valence-corrected chi connectivity index (χ0v) is 12.5. The van der Waals surface area contributed by atoms with E-state index >= 15 is 0 Å². The first-order chi connectivity index (χ1) is 10.3. The summed E-state index contributed by atoms with van der Waals surface area (Å²) in [5, 5.41) is 0. The summed E-state index contributed by atoms with van der Waals surface area (Å²) >= 11 is 0. The molecule has 0 spiro atoms. The number of hydrogen-bond acceptors (Lipinski definition) is 3. The van der Waals surface area contributed by atoms with E-state index in [0.717, 1.165) is 58.6 Å². The van der Waals surface area contributed by atoms with Gasteiger partial charge in [-0.3, -0.25) is 9.69 Å². The maximum atomic E-state index is 12.4. The summed E-state index contributed by atoms with van der Waals surface area (Å²) in [4.78, 5) is 16.8. The normalized spacial score (nSPS) is 24.0. The van der Waals surface area contributed by atoms with Gasteiger partial charge in [-0.2, -0.15) is 0 Å². The van der Waals surface area contributed by atoms with E-state index in [1.807, 2.05) is 11.0 Å². The van der Waals surface area contributed by atoms with Crippen LogP contribution in [0.1, 0.15) is 24.8 Å². The van der Waals surface area contributed by atoms with Gasteiger partial charge in [0.05, 0.1) is 0 Å². The Morgan fingerprint density at radius 2 is 1.86 bits per heavy atom. The molecule has 3 rings (SSSR count). The number of carbonyl (C=O) groups is 1. The molecule has 2 aliphatic rings. The summed E-state index contributed by atoms with van der Waals surface area (Å²) in [6, 6.07) is 10.5. The van der Waals surface area contributed by atoms with E-state index in [0.29, 0.717) is 0 Å². The summed E-state index contributed by atoms with van der Waals surface area (Å²) in [6.07, 6.45) is 2.92. The third-order valence-electron chi connectivity index (χ3n) is 4.39. The van der Waals surface area contributed by atoms with Gasteiger partial charge in [0.25, 0.3) is 5.91 Å². The van der Waals surface area contributed by atoms with E-state index in [9.17, 15) is 4.79 Å². The molecule has 2 fully saturated rings. The van der Waals surface area contributed by atoms with E-state index in [1.54, 1.807) is 0 Å². The van der Waals surface area contributed by atoms with Crippen molar-refractivity contribution in [2.45, 2.75) is 31.9 Å². The summed E-state index contributed by atoms with van der Waals surface area (Å²) in [5.41, 5.74) is 1.34. The van der Waals surface area contributed by atoms with Crippen molar-refractivity contribution in [2.75, 3.05) is 32.8 Å². The summed E-state index contributed by atoms with van der Waals surface area (Å²) in [7, 11) is 0. The van der Waals surface area contributed by atoms with Gasteiger partial charge in [-0.1, -0.05) is 30.3 Å². The smallest absolute Gasteiger partial charge is 0.251 e. The van der Waals surface area contributed by atoms with Crippen LogP contribution in [-0.4, -0.2) is 54.6 Å². The van der Waals surface area contributed by atoms with E-state index in [4.69, 9.17) is 4.74 Å². The molecule has 0 aromatic heterocycles. The van der Waals surface area contributed by atoms with Crippen molar-refractivity contribution in [2.24, 2.45) is 0 Å². The predicted molar refractivity (Wildman–Crippen MR) is 81.9 cm³/mol. The summed E-state index contributed by atoms with van der Waals surface area (Å²) in [6.45, 7) is 5.27. The number of carbonyl (C=O) groups excluding carboxylic acids is 1. The Balaban J connectivity index is 1.47. The Hall–Kier alpha value is -1.39. The molecular weight excluding hydrogens is 264 g/mol. The van der Waals surface area contributed by atoms with Gasteiger partial charge in [-0.05, 0) is 24.8 Å². The maximum absolute atomic E-state index is 12.4. The lowest BCUT2D eigenvalue weighted by molar-refractivity contribution is -0.148. The second-order valence-electron chi connectivity index (χ2n) is 5.94. The lowest BCUT2D eigenvalue weighted by Crippen LogP contribution is -2.51. The van der Waals surface area contributed by atoms with Crippen LogP contribution < -0.4 is 0 Å². The van der Waals surface area contributed by atoms with Crippen LogP contribution in [0.5, 0.6) is 0 Å². The van der Waals surface area contributed by atoms with Crippen LogP contribution in [0.15, 0.2) is 30.3 Å². The minimum absolute atomic E-state index is 0.181. The average Bonchev–Trinajstić information content (AvgIpc) is 2.57. The molecule has 0 aliphatic carbocycles. The Kier molecular flexibility index (Phi) is 4.88. The first kappa shape index (κ1) is 14.5. The van der Waals surface area contributed by atoms with Gasteiger partial charge in [0.15, 0.2) is 0 Å². The second-order valence-corrected chi connectivity index (χ2v) is 5.94. The molecule has 2 saturated heterocycles. The Labute approximate surface area is 126 Å². The molecular formula is C17H24N2O2. The van der Waals surface area contributed by atoms with E-state index < -0.39 is 0 Å². The lowest BCUT2D eigenvalue weighted by atomic mass is 10.1. The number of ether oxygens (including phenoxy) is 1. The van der Waals surface area contributed by atoms with Gasteiger partial charge in [0, 0.05) is 39.3 Å². The standard InChI is InChI=1S/C17H24N2O2/c20-17(16-8-4-5-13-21-16)19-11-9-18(10-12-19)14-15-6-2-1-3-7-15/h1-3,6-7,16H,4-5,8-14H2. The molecule has 1 aromatic carbocycles. The monoisotopic (exact) mass is 288 g/mol. The van der Waals surface area contributed by atoms with Crippen molar-refractivity contribution in [1.82, 2.24) is 9.80 Å². The number of rotatable bonds is 3. The highest BCUT2D eigenvalue weighted by Gasteiger charge is 2.29. The molecule has 21 heavy (non-hydrogen) atoms. The van der Waals surface area contributed by atoms with Crippen LogP contribution >= 0.6 is 0 Å². The fraction of sp³-hybridized carbons (Fsp3) is 0.588. The molecule has 0 bridgehead atoms. The fourth-order valence-electron chi connectivity index (χ4n) is 3.11. The Morgan fingerprint density at radius 3 is 2.52 bits per heavy atom. The van der Waals surface area contributed by atoms with Crippen LogP contribution in [0.3, 0.4) is 0 Å². The maximum Gasteiger partial charge on any atom is 0.251 e. The molecule has 114 valence electrons. The van der Waals surface area contributed by atoms with Gasteiger partial charge >= 0.3 is 0 Å².